The number of amides is 2. The molecule has 2 aromatic carbocycles. The molecule has 0 spiro atoms. The highest BCUT2D eigenvalue weighted by Crippen LogP contribution is 2.40. The highest BCUT2D eigenvalue weighted by atomic mass is 16.3. The molecule has 1 aliphatic heterocycles. The third kappa shape index (κ3) is 3.09. The molecule has 0 aromatic heterocycles. The van der Waals surface area contributed by atoms with Gasteiger partial charge in [-0.15, -0.1) is 0 Å². The van der Waals surface area contributed by atoms with E-state index in [0.29, 0.717) is 25.3 Å². The molecular formula is C20H22N2O2. The van der Waals surface area contributed by atoms with E-state index in [1.807, 2.05) is 29.2 Å². The summed E-state index contributed by atoms with van der Waals surface area (Å²) in [6.45, 7) is 1.29. The van der Waals surface area contributed by atoms with E-state index < -0.39 is 0 Å². The summed E-state index contributed by atoms with van der Waals surface area (Å²) in [4.78, 5) is 14.4. The fourth-order valence-corrected chi connectivity index (χ4v) is 3.42. The molecule has 4 rings (SSSR count). The molecule has 0 radical (unpaired) electrons. The van der Waals surface area contributed by atoms with Crippen LogP contribution in [0.25, 0.3) is 0 Å². The Labute approximate surface area is 142 Å². The lowest BCUT2D eigenvalue weighted by Gasteiger charge is -2.21. The van der Waals surface area contributed by atoms with Gasteiger partial charge in [0.15, 0.2) is 0 Å². The van der Waals surface area contributed by atoms with Crippen LogP contribution in [0.15, 0.2) is 42.5 Å². The SMILES string of the molecule is O=C(Nc1ccc(C2CC2)cc1)N1CCc2cccc(O)c2CC1. The third-order valence-corrected chi connectivity index (χ3v) is 5.03. The number of carbonyl (C=O) groups excluding carboxylic acids is 1. The fraction of sp³-hybridized carbons (Fsp3) is 0.350. The van der Waals surface area contributed by atoms with E-state index in [4.69, 9.17) is 0 Å². The number of anilines is 1. The smallest absolute Gasteiger partial charge is 0.321 e. The number of fused-ring (bicyclic) bond motifs is 1. The van der Waals surface area contributed by atoms with Crippen molar-refractivity contribution in [3.63, 3.8) is 0 Å². The van der Waals surface area contributed by atoms with Gasteiger partial charge in [0.05, 0.1) is 0 Å². The first-order chi connectivity index (χ1) is 11.7. The maximum atomic E-state index is 12.5. The van der Waals surface area contributed by atoms with Crippen molar-refractivity contribution >= 4 is 11.7 Å². The van der Waals surface area contributed by atoms with E-state index in [-0.39, 0.29) is 6.03 Å². The number of aromatic hydroxyl groups is 1. The monoisotopic (exact) mass is 322 g/mol. The number of phenolic OH excluding ortho intramolecular Hbond substituents is 1. The summed E-state index contributed by atoms with van der Waals surface area (Å²) in [6.07, 6.45) is 4.04. The molecule has 4 nitrogen and oxygen atoms in total. The van der Waals surface area contributed by atoms with Crippen molar-refractivity contribution < 1.29 is 9.90 Å². The number of benzene rings is 2. The molecule has 2 aliphatic rings. The number of rotatable bonds is 2. The van der Waals surface area contributed by atoms with Gasteiger partial charge in [-0.2, -0.15) is 0 Å². The van der Waals surface area contributed by atoms with Gasteiger partial charge in [0, 0.05) is 18.8 Å². The Kier molecular flexibility index (Phi) is 3.89. The van der Waals surface area contributed by atoms with Crippen LogP contribution in [0.4, 0.5) is 10.5 Å². The molecule has 2 N–H and O–H groups in total. The Bertz CT molecular complexity index is 751. The van der Waals surface area contributed by atoms with Crippen molar-refractivity contribution in [3.8, 4) is 5.75 Å². The minimum Gasteiger partial charge on any atom is -0.508 e. The summed E-state index contributed by atoms with van der Waals surface area (Å²) >= 11 is 0. The normalized spacial score (nSPS) is 17.1. The molecule has 1 heterocycles. The number of hydrogen-bond donors (Lipinski definition) is 2. The lowest BCUT2D eigenvalue weighted by molar-refractivity contribution is 0.214. The minimum atomic E-state index is -0.0681. The molecule has 2 aromatic rings. The predicted molar refractivity (Wildman–Crippen MR) is 94.5 cm³/mol. The first kappa shape index (κ1) is 15.1. The number of phenols is 1. The molecule has 0 bridgehead atoms. The van der Waals surface area contributed by atoms with Crippen LogP contribution in [0.1, 0.15) is 35.4 Å². The maximum absolute atomic E-state index is 12.5. The molecular weight excluding hydrogens is 300 g/mol. The molecule has 1 fully saturated rings. The summed E-state index contributed by atoms with van der Waals surface area (Å²) in [6, 6.07) is 13.8. The number of nitrogens with zero attached hydrogens (tertiary/aromatic N) is 1. The van der Waals surface area contributed by atoms with E-state index in [2.05, 4.69) is 17.4 Å². The lowest BCUT2D eigenvalue weighted by atomic mass is 10.0. The van der Waals surface area contributed by atoms with Crippen LogP contribution < -0.4 is 5.32 Å². The van der Waals surface area contributed by atoms with Crippen molar-refractivity contribution in [2.45, 2.75) is 31.6 Å². The van der Waals surface area contributed by atoms with Crippen molar-refractivity contribution in [1.82, 2.24) is 4.90 Å². The Balaban J connectivity index is 1.41. The summed E-state index contributed by atoms with van der Waals surface area (Å²) in [5, 5.41) is 13.0. The van der Waals surface area contributed by atoms with Crippen LogP contribution in [-0.4, -0.2) is 29.1 Å². The van der Waals surface area contributed by atoms with E-state index in [1.165, 1.54) is 18.4 Å². The van der Waals surface area contributed by atoms with Gasteiger partial charge in [-0.05, 0) is 66.5 Å². The zero-order valence-electron chi connectivity index (χ0n) is 13.7. The van der Waals surface area contributed by atoms with E-state index >= 15 is 0 Å². The highest BCUT2D eigenvalue weighted by Gasteiger charge is 2.23. The maximum Gasteiger partial charge on any atom is 0.321 e. The van der Waals surface area contributed by atoms with Gasteiger partial charge >= 0.3 is 6.03 Å². The van der Waals surface area contributed by atoms with Gasteiger partial charge < -0.3 is 15.3 Å². The van der Waals surface area contributed by atoms with Gasteiger partial charge in [0.1, 0.15) is 5.75 Å². The van der Waals surface area contributed by atoms with Crippen LogP contribution >= 0.6 is 0 Å². The second-order valence-electron chi connectivity index (χ2n) is 6.73. The number of urea groups is 1. The van der Waals surface area contributed by atoms with Crippen LogP contribution in [0, 0.1) is 0 Å². The number of nitrogens with one attached hydrogen (secondary N) is 1. The van der Waals surface area contributed by atoms with Gasteiger partial charge in [0.2, 0.25) is 0 Å². The summed E-state index contributed by atoms with van der Waals surface area (Å²) in [5.41, 5.74) is 4.32. The van der Waals surface area contributed by atoms with Crippen molar-refractivity contribution in [3.05, 3.63) is 59.2 Å². The summed E-state index contributed by atoms with van der Waals surface area (Å²) < 4.78 is 0. The van der Waals surface area contributed by atoms with Crippen molar-refractivity contribution in [2.75, 3.05) is 18.4 Å². The minimum absolute atomic E-state index is 0.0681. The van der Waals surface area contributed by atoms with Crippen LogP contribution in [0.5, 0.6) is 5.75 Å². The van der Waals surface area contributed by atoms with Gasteiger partial charge in [-0.25, -0.2) is 4.79 Å². The molecule has 0 saturated heterocycles. The van der Waals surface area contributed by atoms with Crippen LogP contribution in [0.2, 0.25) is 0 Å². The molecule has 24 heavy (non-hydrogen) atoms. The molecule has 1 saturated carbocycles. The Hall–Kier alpha value is -2.49. The Morgan fingerprint density at radius 2 is 1.79 bits per heavy atom. The van der Waals surface area contributed by atoms with Gasteiger partial charge in [-0.3, -0.25) is 0 Å². The fourth-order valence-electron chi connectivity index (χ4n) is 3.42. The number of carbonyl (C=O) groups is 1. The van der Waals surface area contributed by atoms with Gasteiger partial charge in [-0.1, -0.05) is 24.3 Å². The second kappa shape index (κ2) is 6.19. The molecule has 1 aliphatic carbocycles. The Morgan fingerprint density at radius 3 is 2.54 bits per heavy atom. The Morgan fingerprint density at radius 1 is 1.04 bits per heavy atom. The third-order valence-electron chi connectivity index (χ3n) is 5.03. The molecule has 124 valence electrons. The lowest BCUT2D eigenvalue weighted by Crippen LogP contribution is -2.36. The van der Waals surface area contributed by atoms with Gasteiger partial charge in [0.25, 0.3) is 0 Å². The quantitative estimate of drug-likeness (QED) is 0.881. The van der Waals surface area contributed by atoms with E-state index in [9.17, 15) is 9.90 Å². The first-order valence-electron chi connectivity index (χ1n) is 8.66. The summed E-state index contributed by atoms with van der Waals surface area (Å²) in [5.74, 6) is 1.07. The molecule has 0 unspecified atom stereocenters. The van der Waals surface area contributed by atoms with Crippen LogP contribution in [0.3, 0.4) is 0 Å². The van der Waals surface area contributed by atoms with E-state index in [0.717, 1.165) is 29.2 Å². The van der Waals surface area contributed by atoms with Crippen molar-refractivity contribution in [2.24, 2.45) is 0 Å². The standard InChI is InChI=1S/C20H22N2O2/c23-19-3-1-2-16-10-12-22(13-11-18(16)19)20(24)21-17-8-6-15(7-9-17)14-4-5-14/h1-3,6-9,14,23H,4-5,10-13H2,(H,21,24). The average molecular weight is 322 g/mol. The first-order valence-corrected chi connectivity index (χ1v) is 8.66. The highest BCUT2D eigenvalue weighted by molar-refractivity contribution is 5.89. The van der Waals surface area contributed by atoms with E-state index in [1.54, 1.807) is 6.07 Å². The number of hydrogen-bond acceptors (Lipinski definition) is 2. The second-order valence-corrected chi connectivity index (χ2v) is 6.73. The molecule has 4 heteroatoms. The van der Waals surface area contributed by atoms with Crippen molar-refractivity contribution in [1.29, 1.82) is 0 Å². The average Bonchev–Trinajstić information content (AvgIpc) is 3.42. The molecule has 0 atom stereocenters. The largest absolute Gasteiger partial charge is 0.508 e. The predicted octanol–water partition coefficient (Wildman–Crippen LogP) is 3.90. The molecule has 2 amide bonds. The van der Waals surface area contributed by atoms with Crippen LogP contribution in [-0.2, 0) is 12.8 Å². The zero-order chi connectivity index (χ0) is 16.5. The summed E-state index contributed by atoms with van der Waals surface area (Å²) in [7, 11) is 0. The zero-order valence-corrected chi connectivity index (χ0v) is 13.7. The topological polar surface area (TPSA) is 52.6 Å².